The van der Waals surface area contributed by atoms with Crippen molar-refractivity contribution in [1.82, 2.24) is 19.1 Å². The van der Waals surface area contributed by atoms with Crippen molar-refractivity contribution in [3.63, 3.8) is 0 Å². The lowest BCUT2D eigenvalue weighted by Crippen LogP contribution is -2.02. The third-order valence-electron chi connectivity index (χ3n) is 10.5. The van der Waals surface area contributed by atoms with Gasteiger partial charge in [0.1, 0.15) is 11.3 Å². The van der Waals surface area contributed by atoms with Gasteiger partial charge in [-0.15, -0.1) is 0 Å². The van der Waals surface area contributed by atoms with Crippen molar-refractivity contribution in [2.45, 2.75) is 0 Å². The fourth-order valence-electron chi connectivity index (χ4n) is 8.03. The Morgan fingerprint density at radius 3 is 1.60 bits per heavy atom. The molecule has 0 aliphatic rings. The molecule has 5 heteroatoms. The molecule has 8 aromatic carbocycles. The second-order valence-electron chi connectivity index (χ2n) is 13.9. The van der Waals surface area contributed by atoms with Crippen molar-refractivity contribution < 1.29 is 4.42 Å². The van der Waals surface area contributed by atoms with E-state index in [2.05, 4.69) is 179 Å². The molecule has 258 valence electrons. The van der Waals surface area contributed by atoms with Gasteiger partial charge in [-0.3, -0.25) is 4.57 Å². The second kappa shape index (κ2) is 12.6. The number of para-hydroxylation sites is 4. The van der Waals surface area contributed by atoms with E-state index in [4.69, 9.17) is 14.4 Å². The van der Waals surface area contributed by atoms with E-state index in [-0.39, 0.29) is 0 Å². The van der Waals surface area contributed by atoms with Gasteiger partial charge in [-0.1, -0.05) is 140 Å². The van der Waals surface area contributed by atoms with Gasteiger partial charge >= 0.3 is 0 Å². The maximum absolute atomic E-state index is 6.86. The zero-order valence-electron chi connectivity index (χ0n) is 29.7. The minimum absolute atomic E-state index is 0.548. The summed E-state index contributed by atoms with van der Waals surface area (Å²) in [5.74, 6) is 1.41. The highest BCUT2D eigenvalue weighted by Gasteiger charge is 2.21. The number of imidazole rings is 1. The Hall–Kier alpha value is -7.50. The summed E-state index contributed by atoms with van der Waals surface area (Å²) in [5.41, 5.74) is 13.9. The van der Waals surface area contributed by atoms with Crippen LogP contribution in [0.4, 0.5) is 0 Å². The molecule has 0 aliphatic carbocycles. The molecule has 0 bridgehead atoms. The summed E-state index contributed by atoms with van der Waals surface area (Å²) in [4.78, 5) is 10.5. The van der Waals surface area contributed by atoms with Crippen LogP contribution in [-0.4, -0.2) is 19.1 Å². The molecule has 3 aromatic heterocycles. The van der Waals surface area contributed by atoms with Crippen LogP contribution in [0, 0.1) is 0 Å². The maximum atomic E-state index is 6.86. The van der Waals surface area contributed by atoms with E-state index in [9.17, 15) is 0 Å². The van der Waals surface area contributed by atoms with E-state index in [1.807, 2.05) is 24.3 Å². The number of benzene rings is 8. The summed E-state index contributed by atoms with van der Waals surface area (Å²) in [6, 6.07) is 67.8. The highest BCUT2D eigenvalue weighted by Crippen LogP contribution is 2.40. The van der Waals surface area contributed by atoms with Crippen molar-refractivity contribution in [1.29, 1.82) is 0 Å². The summed E-state index contributed by atoms with van der Waals surface area (Å²) in [6.45, 7) is 0. The van der Waals surface area contributed by atoms with Crippen LogP contribution in [0.25, 0.3) is 100 Å². The summed E-state index contributed by atoms with van der Waals surface area (Å²) < 4.78 is 11.5. The number of oxazole rings is 1. The SMILES string of the molecule is c1ccc(-c2cc(-c3ccccc3)c3nc(-c4cc(-n5c(-c6ccccc6)nc6ccccc65)cc(-n5c6ccccc6c6ccccc65)c4)oc3c2)cc1. The molecule has 5 nitrogen and oxygen atoms in total. The van der Waals surface area contributed by atoms with Crippen LogP contribution < -0.4 is 0 Å². The lowest BCUT2D eigenvalue weighted by atomic mass is 9.98. The van der Waals surface area contributed by atoms with Gasteiger partial charge in [0.2, 0.25) is 5.89 Å². The van der Waals surface area contributed by atoms with E-state index >= 15 is 0 Å². The molecule has 3 heterocycles. The van der Waals surface area contributed by atoms with Crippen molar-refractivity contribution in [3.8, 4) is 56.5 Å². The maximum Gasteiger partial charge on any atom is 0.227 e. The van der Waals surface area contributed by atoms with Gasteiger partial charge in [0.05, 0.1) is 27.8 Å². The molecule has 0 saturated carbocycles. The molecule has 0 N–H and O–H groups in total. The average Bonchev–Trinajstić information content (AvgIpc) is 3.97. The largest absolute Gasteiger partial charge is 0.436 e. The van der Waals surface area contributed by atoms with E-state index in [1.54, 1.807) is 0 Å². The summed E-state index contributed by atoms with van der Waals surface area (Å²) >= 11 is 0. The Labute approximate surface area is 317 Å². The van der Waals surface area contributed by atoms with Crippen LogP contribution in [0.2, 0.25) is 0 Å². The van der Waals surface area contributed by atoms with Crippen LogP contribution in [0.5, 0.6) is 0 Å². The highest BCUT2D eigenvalue weighted by molar-refractivity contribution is 6.09. The number of aromatic nitrogens is 4. The molecule has 11 aromatic rings. The second-order valence-corrected chi connectivity index (χ2v) is 13.9. The fourth-order valence-corrected chi connectivity index (χ4v) is 8.03. The minimum atomic E-state index is 0.548. The molecule has 0 spiro atoms. The van der Waals surface area contributed by atoms with Crippen molar-refractivity contribution in [2.24, 2.45) is 0 Å². The minimum Gasteiger partial charge on any atom is -0.436 e. The Morgan fingerprint density at radius 2 is 0.927 bits per heavy atom. The molecule has 0 saturated heterocycles. The van der Waals surface area contributed by atoms with Gasteiger partial charge in [0.15, 0.2) is 5.58 Å². The molecule has 11 rings (SSSR count). The molecule has 0 atom stereocenters. The molecule has 0 radical (unpaired) electrons. The van der Waals surface area contributed by atoms with Crippen molar-refractivity contribution >= 4 is 43.9 Å². The van der Waals surface area contributed by atoms with Gasteiger partial charge in [0, 0.05) is 33.2 Å². The topological polar surface area (TPSA) is 48.8 Å². The average molecular weight is 705 g/mol. The zero-order valence-corrected chi connectivity index (χ0v) is 29.7. The number of nitrogens with zero attached hydrogens (tertiary/aromatic N) is 4. The highest BCUT2D eigenvalue weighted by atomic mass is 16.3. The van der Waals surface area contributed by atoms with Gasteiger partial charge in [-0.25, -0.2) is 9.97 Å². The van der Waals surface area contributed by atoms with Gasteiger partial charge in [0.25, 0.3) is 0 Å². The van der Waals surface area contributed by atoms with E-state index < -0.39 is 0 Å². The molecule has 0 aliphatic heterocycles. The Kier molecular flexibility index (Phi) is 7.10. The van der Waals surface area contributed by atoms with Gasteiger partial charge < -0.3 is 8.98 Å². The quantitative estimate of drug-likeness (QED) is 0.173. The lowest BCUT2D eigenvalue weighted by molar-refractivity contribution is 0.620. The first-order valence-corrected chi connectivity index (χ1v) is 18.5. The molecule has 0 fully saturated rings. The predicted molar refractivity (Wildman–Crippen MR) is 225 cm³/mol. The normalized spacial score (nSPS) is 11.6. The Balaban J connectivity index is 1.21. The molecular weight excluding hydrogens is 673 g/mol. The first-order valence-electron chi connectivity index (χ1n) is 18.5. The first-order chi connectivity index (χ1) is 27.3. The Morgan fingerprint density at radius 1 is 0.382 bits per heavy atom. The van der Waals surface area contributed by atoms with Crippen LogP contribution in [0.15, 0.2) is 199 Å². The number of rotatable bonds is 6. The van der Waals surface area contributed by atoms with E-state index in [0.717, 1.165) is 83.7 Å². The Bertz CT molecular complexity index is 3140. The lowest BCUT2D eigenvalue weighted by Gasteiger charge is -2.15. The summed E-state index contributed by atoms with van der Waals surface area (Å²) in [6.07, 6.45) is 0. The molecule has 0 amide bonds. The van der Waals surface area contributed by atoms with E-state index in [1.165, 1.54) is 10.8 Å². The fraction of sp³-hybridized carbons (Fsp3) is 0. The van der Waals surface area contributed by atoms with Crippen LogP contribution in [0.1, 0.15) is 0 Å². The number of hydrogen-bond donors (Lipinski definition) is 0. The third-order valence-corrected chi connectivity index (χ3v) is 10.5. The summed E-state index contributed by atoms with van der Waals surface area (Å²) in [7, 11) is 0. The smallest absolute Gasteiger partial charge is 0.227 e. The monoisotopic (exact) mass is 704 g/mol. The van der Waals surface area contributed by atoms with Crippen LogP contribution in [-0.2, 0) is 0 Å². The van der Waals surface area contributed by atoms with Crippen molar-refractivity contribution in [3.05, 3.63) is 194 Å². The standard InChI is InChI=1S/C50H32N4O/c1-4-16-33(17-5-1)36-30-42(34-18-6-2-7-19-34)48-47(31-36)55-50(52-48)37-28-38(53-44-25-13-10-22-40(44)41-23-11-14-26-45(41)53)32-39(29-37)54-46-27-15-12-24-43(46)51-49(54)35-20-8-3-9-21-35/h1-32H. The van der Waals surface area contributed by atoms with Crippen LogP contribution in [0.3, 0.4) is 0 Å². The third kappa shape index (κ3) is 5.17. The number of fused-ring (bicyclic) bond motifs is 5. The van der Waals surface area contributed by atoms with Gasteiger partial charge in [-0.05, 0) is 71.3 Å². The van der Waals surface area contributed by atoms with Crippen LogP contribution >= 0.6 is 0 Å². The summed E-state index contributed by atoms with van der Waals surface area (Å²) in [5, 5.41) is 2.40. The number of hydrogen-bond acceptors (Lipinski definition) is 3. The van der Waals surface area contributed by atoms with E-state index in [0.29, 0.717) is 5.89 Å². The molecule has 55 heavy (non-hydrogen) atoms. The van der Waals surface area contributed by atoms with Crippen molar-refractivity contribution in [2.75, 3.05) is 0 Å². The van der Waals surface area contributed by atoms with Gasteiger partial charge in [-0.2, -0.15) is 0 Å². The molecular formula is C50H32N4O. The first kappa shape index (κ1) is 31.1. The zero-order chi connectivity index (χ0) is 36.3. The molecule has 0 unspecified atom stereocenters. The predicted octanol–water partition coefficient (Wildman–Crippen LogP) is 12.9.